The SMILES string of the molecule is C/C=C\COC(C)(C)CC=O. The van der Waals surface area contributed by atoms with Crippen LogP contribution in [0, 0.1) is 0 Å². The van der Waals surface area contributed by atoms with Crippen LogP contribution in [0.15, 0.2) is 12.2 Å². The van der Waals surface area contributed by atoms with E-state index in [1.165, 1.54) is 0 Å². The van der Waals surface area contributed by atoms with Crippen LogP contribution in [0.3, 0.4) is 0 Å². The molecule has 0 aromatic rings. The number of hydrogen-bond donors (Lipinski definition) is 0. The van der Waals surface area contributed by atoms with E-state index < -0.39 is 0 Å². The minimum Gasteiger partial charge on any atom is -0.371 e. The molecule has 0 rings (SSSR count). The summed E-state index contributed by atoms with van der Waals surface area (Å²) in [5, 5.41) is 0. The van der Waals surface area contributed by atoms with Crippen molar-refractivity contribution in [1.29, 1.82) is 0 Å². The summed E-state index contributed by atoms with van der Waals surface area (Å²) in [6.07, 6.45) is 5.18. The highest BCUT2D eigenvalue weighted by Gasteiger charge is 2.16. The summed E-state index contributed by atoms with van der Waals surface area (Å²) in [7, 11) is 0. The first-order chi connectivity index (χ1) is 5.12. The van der Waals surface area contributed by atoms with Crippen LogP contribution in [0.2, 0.25) is 0 Å². The summed E-state index contributed by atoms with van der Waals surface area (Å²) in [5.41, 5.74) is -0.318. The monoisotopic (exact) mass is 156 g/mol. The van der Waals surface area contributed by atoms with Gasteiger partial charge in [-0.3, -0.25) is 0 Å². The van der Waals surface area contributed by atoms with Gasteiger partial charge in [0, 0.05) is 6.42 Å². The molecule has 0 saturated heterocycles. The molecule has 2 nitrogen and oxygen atoms in total. The fourth-order valence-electron chi connectivity index (χ4n) is 0.630. The van der Waals surface area contributed by atoms with Crippen molar-refractivity contribution in [3.05, 3.63) is 12.2 Å². The van der Waals surface area contributed by atoms with Crippen molar-refractivity contribution >= 4 is 6.29 Å². The highest BCUT2D eigenvalue weighted by atomic mass is 16.5. The van der Waals surface area contributed by atoms with E-state index >= 15 is 0 Å². The molecule has 0 fully saturated rings. The zero-order chi connectivity index (χ0) is 8.74. The van der Waals surface area contributed by atoms with Crippen LogP contribution >= 0.6 is 0 Å². The van der Waals surface area contributed by atoms with Crippen molar-refractivity contribution in [2.75, 3.05) is 6.61 Å². The van der Waals surface area contributed by atoms with E-state index in [2.05, 4.69) is 0 Å². The van der Waals surface area contributed by atoms with Crippen LogP contribution in [0.1, 0.15) is 27.2 Å². The van der Waals surface area contributed by atoms with Crippen LogP contribution in [0.25, 0.3) is 0 Å². The minimum atomic E-state index is -0.318. The summed E-state index contributed by atoms with van der Waals surface area (Å²) in [6.45, 7) is 6.34. The lowest BCUT2D eigenvalue weighted by atomic mass is 10.1. The maximum atomic E-state index is 10.2. The zero-order valence-corrected chi connectivity index (χ0v) is 7.46. The maximum Gasteiger partial charge on any atom is 0.122 e. The van der Waals surface area contributed by atoms with Gasteiger partial charge >= 0.3 is 0 Å². The predicted molar refractivity (Wildman–Crippen MR) is 45.5 cm³/mol. The van der Waals surface area contributed by atoms with Crippen LogP contribution in [0.5, 0.6) is 0 Å². The molecule has 64 valence electrons. The Morgan fingerprint density at radius 2 is 2.09 bits per heavy atom. The molecule has 0 aromatic heterocycles. The molecule has 0 spiro atoms. The van der Waals surface area contributed by atoms with Crippen LogP contribution < -0.4 is 0 Å². The largest absolute Gasteiger partial charge is 0.371 e. The Labute approximate surface area is 68.2 Å². The number of ether oxygens (including phenoxy) is 1. The molecule has 0 unspecified atom stereocenters. The highest BCUT2D eigenvalue weighted by molar-refractivity contribution is 5.51. The summed E-state index contributed by atoms with van der Waals surface area (Å²) in [6, 6.07) is 0. The molecule has 0 aromatic carbocycles. The zero-order valence-electron chi connectivity index (χ0n) is 7.46. The first-order valence-corrected chi connectivity index (χ1v) is 3.81. The van der Waals surface area contributed by atoms with Gasteiger partial charge in [0.1, 0.15) is 6.29 Å². The van der Waals surface area contributed by atoms with Gasteiger partial charge in [-0.1, -0.05) is 12.2 Å². The fraction of sp³-hybridized carbons (Fsp3) is 0.667. The summed E-state index contributed by atoms with van der Waals surface area (Å²) in [4.78, 5) is 10.2. The van der Waals surface area contributed by atoms with Crippen molar-refractivity contribution in [2.45, 2.75) is 32.8 Å². The molecule has 0 aliphatic heterocycles. The Kier molecular flexibility index (Phi) is 4.79. The second-order valence-corrected chi connectivity index (χ2v) is 3.01. The van der Waals surface area contributed by atoms with Crippen LogP contribution in [-0.2, 0) is 9.53 Å². The van der Waals surface area contributed by atoms with E-state index in [1.54, 1.807) is 0 Å². The second kappa shape index (κ2) is 5.08. The van der Waals surface area contributed by atoms with Gasteiger partial charge in [-0.15, -0.1) is 0 Å². The topological polar surface area (TPSA) is 26.3 Å². The van der Waals surface area contributed by atoms with Gasteiger partial charge in [-0.2, -0.15) is 0 Å². The quantitative estimate of drug-likeness (QED) is 0.449. The van der Waals surface area contributed by atoms with E-state index in [9.17, 15) is 4.79 Å². The number of hydrogen-bond acceptors (Lipinski definition) is 2. The molecule has 2 heteroatoms. The van der Waals surface area contributed by atoms with Crippen LogP contribution in [-0.4, -0.2) is 18.5 Å². The van der Waals surface area contributed by atoms with Gasteiger partial charge in [0.25, 0.3) is 0 Å². The third-order valence-corrected chi connectivity index (χ3v) is 1.38. The van der Waals surface area contributed by atoms with E-state index in [0.29, 0.717) is 13.0 Å². The lowest BCUT2D eigenvalue weighted by Crippen LogP contribution is -2.24. The maximum absolute atomic E-state index is 10.2. The van der Waals surface area contributed by atoms with E-state index in [-0.39, 0.29) is 5.60 Å². The standard InChI is InChI=1S/C9H16O2/c1-4-5-8-11-9(2,3)6-7-10/h4-5,7H,6,8H2,1-3H3/b5-4-. The molecule has 0 N–H and O–H groups in total. The lowest BCUT2D eigenvalue weighted by molar-refractivity contribution is -0.113. The van der Waals surface area contributed by atoms with E-state index in [1.807, 2.05) is 32.9 Å². The molecular formula is C9H16O2. The van der Waals surface area contributed by atoms with Gasteiger partial charge in [-0.25, -0.2) is 0 Å². The van der Waals surface area contributed by atoms with Gasteiger partial charge in [0.15, 0.2) is 0 Å². The van der Waals surface area contributed by atoms with Gasteiger partial charge in [0.05, 0.1) is 12.2 Å². The third-order valence-electron chi connectivity index (χ3n) is 1.38. The molecule has 0 radical (unpaired) electrons. The predicted octanol–water partition coefficient (Wildman–Crippen LogP) is 1.95. The van der Waals surface area contributed by atoms with Crippen molar-refractivity contribution in [3.63, 3.8) is 0 Å². The van der Waals surface area contributed by atoms with E-state index in [0.717, 1.165) is 6.29 Å². The number of allylic oxidation sites excluding steroid dienone is 1. The normalized spacial score (nSPS) is 12.3. The molecule has 0 aliphatic carbocycles. The molecule has 0 heterocycles. The summed E-state index contributed by atoms with van der Waals surface area (Å²) in [5.74, 6) is 0. The van der Waals surface area contributed by atoms with Gasteiger partial charge < -0.3 is 9.53 Å². The average Bonchev–Trinajstić information content (AvgIpc) is 1.87. The van der Waals surface area contributed by atoms with Gasteiger partial charge in [-0.05, 0) is 20.8 Å². The first-order valence-electron chi connectivity index (χ1n) is 3.81. The molecule has 0 atom stereocenters. The Bertz CT molecular complexity index is 136. The Morgan fingerprint density at radius 1 is 1.45 bits per heavy atom. The Balaban J connectivity index is 3.62. The molecule has 0 saturated carbocycles. The molecular weight excluding hydrogens is 140 g/mol. The lowest BCUT2D eigenvalue weighted by Gasteiger charge is -2.21. The summed E-state index contributed by atoms with van der Waals surface area (Å²) < 4.78 is 5.39. The van der Waals surface area contributed by atoms with Crippen molar-refractivity contribution < 1.29 is 9.53 Å². The number of rotatable bonds is 5. The smallest absolute Gasteiger partial charge is 0.122 e. The molecule has 0 aliphatic rings. The van der Waals surface area contributed by atoms with Crippen molar-refractivity contribution in [1.82, 2.24) is 0 Å². The van der Waals surface area contributed by atoms with Crippen LogP contribution in [0.4, 0.5) is 0 Å². The number of carbonyl (C=O) groups is 1. The van der Waals surface area contributed by atoms with Crippen molar-refractivity contribution in [2.24, 2.45) is 0 Å². The van der Waals surface area contributed by atoms with Crippen molar-refractivity contribution in [3.8, 4) is 0 Å². The molecule has 0 bridgehead atoms. The Hall–Kier alpha value is -0.630. The molecule has 11 heavy (non-hydrogen) atoms. The summed E-state index contributed by atoms with van der Waals surface area (Å²) >= 11 is 0. The fourth-order valence-corrected chi connectivity index (χ4v) is 0.630. The first kappa shape index (κ1) is 10.4. The van der Waals surface area contributed by atoms with E-state index in [4.69, 9.17) is 4.74 Å². The minimum absolute atomic E-state index is 0.318. The molecule has 0 amide bonds. The number of carbonyl (C=O) groups excluding carboxylic acids is 1. The highest BCUT2D eigenvalue weighted by Crippen LogP contribution is 2.11. The van der Waals surface area contributed by atoms with Gasteiger partial charge in [0.2, 0.25) is 0 Å². The average molecular weight is 156 g/mol. The Morgan fingerprint density at radius 3 is 2.55 bits per heavy atom. The second-order valence-electron chi connectivity index (χ2n) is 3.01. The number of aldehydes is 1. The third kappa shape index (κ3) is 5.80.